The van der Waals surface area contributed by atoms with Crippen molar-refractivity contribution in [1.29, 1.82) is 0 Å². The van der Waals surface area contributed by atoms with Gasteiger partial charge in [0.25, 0.3) is 0 Å². The zero-order valence-corrected chi connectivity index (χ0v) is 10.5. The van der Waals surface area contributed by atoms with Crippen molar-refractivity contribution < 1.29 is 5.11 Å². The summed E-state index contributed by atoms with van der Waals surface area (Å²) >= 11 is 1.77. The maximum Gasteiger partial charge on any atom is 0.0541 e. The van der Waals surface area contributed by atoms with Gasteiger partial charge in [-0.25, -0.2) is 0 Å². The molecule has 1 aromatic rings. The number of hydrogen-bond acceptors (Lipinski definition) is 3. The number of aliphatic hydroxyl groups is 1. The second kappa shape index (κ2) is 5.60. The SMILES string of the molecule is CSc1cccc(NC2CCC(O)CC2)c1. The Morgan fingerprint density at radius 3 is 2.69 bits per heavy atom. The maximum atomic E-state index is 9.44. The molecule has 0 spiro atoms. The third-order valence-electron chi connectivity index (χ3n) is 3.14. The summed E-state index contributed by atoms with van der Waals surface area (Å²) in [6, 6.07) is 9.05. The Balaban J connectivity index is 1.93. The van der Waals surface area contributed by atoms with Gasteiger partial charge in [0.1, 0.15) is 0 Å². The lowest BCUT2D eigenvalue weighted by molar-refractivity contribution is 0.126. The Hall–Kier alpha value is -0.670. The molecule has 1 aliphatic carbocycles. The van der Waals surface area contributed by atoms with Crippen LogP contribution < -0.4 is 5.32 Å². The molecular formula is C13H19NOS. The first-order valence-corrected chi connectivity index (χ1v) is 7.09. The molecule has 2 nitrogen and oxygen atoms in total. The molecular weight excluding hydrogens is 218 g/mol. The fourth-order valence-electron chi connectivity index (χ4n) is 2.17. The molecule has 2 N–H and O–H groups in total. The first kappa shape index (κ1) is 11.8. The summed E-state index contributed by atoms with van der Waals surface area (Å²) in [7, 11) is 0. The van der Waals surface area contributed by atoms with E-state index in [1.807, 2.05) is 0 Å². The highest BCUT2D eigenvalue weighted by Crippen LogP contribution is 2.24. The summed E-state index contributed by atoms with van der Waals surface area (Å²) in [5, 5.41) is 13.0. The topological polar surface area (TPSA) is 32.3 Å². The third-order valence-corrected chi connectivity index (χ3v) is 3.86. The quantitative estimate of drug-likeness (QED) is 0.792. The molecule has 0 amide bonds. The monoisotopic (exact) mass is 237 g/mol. The highest BCUT2D eigenvalue weighted by Gasteiger charge is 2.18. The van der Waals surface area contributed by atoms with E-state index in [1.54, 1.807) is 11.8 Å². The van der Waals surface area contributed by atoms with Crippen LogP contribution in [0.2, 0.25) is 0 Å². The fraction of sp³-hybridized carbons (Fsp3) is 0.538. The van der Waals surface area contributed by atoms with Crippen LogP contribution in [-0.4, -0.2) is 23.5 Å². The van der Waals surface area contributed by atoms with E-state index in [1.165, 1.54) is 10.6 Å². The van der Waals surface area contributed by atoms with Crippen LogP contribution >= 0.6 is 11.8 Å². The van der Waals surface area contributed by atoms with E-state index in [9.17, 15) is 5.11 Å². The van der Waals surface area contributed by atoms with E-state index >= 15 is 0 Å². The molecule has 2 rings (SSSR count). The van der Waals surface area contributed by atoms with Crippen molar-refractivity contribution in [3.05, 3.63) is 24.3 Å². The highest BCUT2D eigenvalue weighted by molar-refractivity contribution is 7.98. The molecule has 1 aromatic carbocycles. The molecule has 0 bridgehead atoms. The van der Waals surface area contributed by atoms with Crippen LogP contribution in [0.5, 0.6) is 0 Å². The summed E-state index contributed by atoms with van der Waals surface area (Å²) in [4.78, 5) is 1.29. The second-order valence-electron chi connectivity index (χ2n) is 4.38. The molecule has 0 radical (unpaired) electrons. The van der Waals surface area contributed by atoms with Gasteiger partial charge in [-0.15, -0.1) is 11.8 Å². The normalized spacial score (nSPS) is 25.4. The van der Waals surface area contributed by atoms with Crippen LogP contribution in [0.1, 0.15) is 25.7 Å². The van der Waals surface area contributed by atoms with E-state index in [0.717, 1.165) is 25.7 Å². The molecule has 0 atom stereocenters. The Labute approximate surface area is 101 Å². The van der Waals surface area contributed by atoms with Crippen molar-refractivity contribution >= 4 is 17.4 Å². The van der Waals surface area contributed by atoms with Gasteiger partial charge in [-0.05, 0) is 50.1 Å². The molecule has 0 heterocycles. The minimum Gasteiger partial charge on any atom is -0.393 e. The van der Waals surface area contributed by atoms with E-state index in [-0.39, 0.29) is 6.10 Å². The lowest BCUT2D eigenvalue weighted by Gasteiger charge is -2.27. The van der Waals surface area contributed by atoms with Crippen LogP contribution in [0.4, 0.5) is 5.69 Å². The van der Waals surface area contributed by atoms with Gasteiger partial charge in [-0.3, -0.25) is 0 Å². The van der Waals surface area contributed by atoms with Gasteiger partial charge in [0, 0.05) is 16.6 Å². The van der Waals surface area contributed by atoms with Crippen LogP contribution in [0.15, 0.2) is 29.2 Å². The molecule has 88 valence electrons. The molecule has 3 heteroatoms. The van der Waals surface area contributed by atoms with Gasteiger partial charge in [0.2, 0.25) is 0 Å². The van der Waals surface area contributed by atoms with Gasteiger partial charge in [0.15, 0.2) is 0 Å². The minimum atomic E-state index is -0.0735. The first-order valence-electron chi connectivity index (χ1n) is 5.86. The summed E-state index contributed by atoms with van der Waals surface area (Å²) < 4.78 is 0. The Morgan fingerprint density at radius 1 is 1.25 bits per heavy atom. The molecule has 1 fully saturated rings. The van der Waals surface area contributed by atoms with Crippen molar-refractivity contribution in [2.24, 2.45) is 0 Å². The average Bonchev–Trinajstić information content (AvgIpc) is 2.32. The largest absolute Gasteiger partial charge is 0.393 e. The number of thioether (sulfide) groups is 1. The molecule has 0 saturated heterocycles. The lowest BCUT2D eigenvalue weighted by Crippen LogP contribution is -2.28. The highest BCUT2D eigenvalue weighted by atomic mass is 32.2. The van der Waals surface area contributed by atoms with Crippen LogP contribution in [0.25, 0.3) is 0 Å². The Bertz CT molecular complexity index is 334. The van der Waals surface area contributed by atoms with Gasteiger partial charge in [-0.2, -0.15) is 0 Å². The van der Waals surface area contributed by atoms with Crippen molar-refractivity contribution in [3.63, 3.8) is 0 Å². The Morgan fingerprint density at radius 2 is 2.00 bits per heavy atom. The molecule has 0 aromatic heterocycles. The summed E-state index contributed by atoms with van der Waals surface area (Å²) in [6.07, 6.45) is 6.03. The summed E-state index contributed by atoms with van der Waals surface area (Å²) in [5.74, 6) is 0. The van der Waals surface area contributed by atoms with Crippen molar-refractivity contribution in [3.8, 4) is 0 Å². The van der Waals surface area contributed by atoms with Crippen LogP contribution in [0.3, 0.4) is 0 Å². The van der Waals surface area contributed by atoms with E-state index in [4.69, 9.17) is 0 Å². The minimum absolute atomic E-state index is 0.0735. The van der Waals surface area contributed by atoms with Crippen molar-refractivity contribution in [2.45, 2.75) is 42.7 Å². The zero-order chi connectivity index (χ0) is 11.4. The molecule has 0 aliphatic heterocycles. The molecule has 1 saturated carbocycles. The first-order chi connectivity index (χ1) is 7.78. The van der Waals surface area contributed by atoms with Crippen LogP contribution in [-0.2, 0) is 0 Å². The predicted molar refractivity (Wildman–Crippen MR) is 70.1 cm³/mol. The molecule has 16 heavy (non-hydrogen) atoms. The van der Waals surface area contributed by atoms with E-state index in [0.29, 0.717) is 6.04 Å². The standard InChI is InChI=1S/C13H19NOS/c1-16-13-4-2-3-11(9-13)14-10-5-7-12(15)8-6-10/h2-4,9-10,12,14-15H,5-8H2,1H3. The number of benzene rings is 1. The van der Waals surface area contributed by atoms with E-state index in [2.05, 4.69) is 35.8 Å². The fourth-order valence-corrected chi connectivity index (χ4v) is 2.63. The van der Waals surface area contributed by atoms with Gasteiger partial charge >= 0.3 is 0 Å². The number of rotatable bonds is 3. The number of hydrogen-bond donors (Lipinski definition) is 2. The number of nitrogens with one attached hydrogen (secondary N) is 1. The maximum absolute atomic E-state index is 9.44. The zero-order valence-electron chi connectivity index (χ0n) is 9.65. The van der Waals surface area contributed by atoms with Gasteiger partial charge in [-0.1, -0.05) is 6.07 Å². The summed E-state index contributed by atoms with van der Waals surface area (Å²) in [5.41, 5.74) is 1.20. The number of anilines is 1. The molecule has 0 unspecified atom stereocenters. The molecule has 1 aliphatic rings. The Kier molecular flexibility index (Phi) is 4.13. The van der Waals surface area contributed by atoms with Gasteiger partial charge in [0.05, 0.1) is 6.10 Å². The predicted octanol–water partition coefficient (Wildman–Crippen LogP) is 3.12. The smallest absolute Gasteiger partial charge is 0.0541 e. The summed E-state index contributed by atoms with van der Waals surface area (Å²) in [6.45, 7) is 0. The lowest BCUT2D eigenvalue weighted by atomic mass is 9.93. The van der Waals surface area contributed by atoms with Gasteiger partial charge < -0.3 is 10.4 Å². The van der Waals surface area contributed by atoms with E-state index < -0.39 is 0 Å². The van der Waals surface area contributed by atoms with Crippen LogP contribution in [0, 0.1) is 0 Å². The second-order valence-corrected chi connectivity index (χ2v) is 5.26. The number of aliphatic hydroxyl groups excluding tert-OH is 1. The average molecular weight is 237 g/mol. The third kappa shape index (κ3) is 3.16. The van der Waals surface area contributed by atoms with Crippen molar-refractivity contribution in [2.75, 3.05) is 11.6 Å². The van der Waals surface area contributed by atoms with Crippen molar-refractivity contribution in [1.82, 2.24) is 0 Å².